The molecule has 14 heavy (non-hydrogen) atoms. The molecule has 0 amide bonds. The highest BCUT2D eigenvalue weighted by atomic mass is 15.2. The van der Waals surface area contributed by atoms with E-state index >= 15 is 0 Å². The average Bonchev–Trinajstić information content (AvgIpc) is 2.15. The predicted molar refractivity (Wildman–Crippen MR) is 56.9 cm³/mol. The van der Waals surface area contributed by atoms with Crippen LogP contribution in [0.2, 0.25) is 0 Å². The van der Waals surface area contributed by atoms with Gasteiger partial charge < -0.3 is 11.1 Å². The van der Waals surface area contributed by atoms with Crippen LogP contribution in [0.5, 0.6) is 0 Å². The summed E-state index contributed by atoms with van der Waals surface area (Å²) >= 11 is 0. The van der Waals surface area contributed by atoms with Gasteiger partial charge >= 0.3 is 0 Å². The van der Waals surface area contributed by atoms with Gasteiger partial charge in [-0.2, -0.15) is 0 Å². The molecule has 0 spiro atoms. The standard InChI is InChI=1S/C10H16N4/c1-10(2)6-5-7(10)12-9-4-3-8(11)13-14-9/h3-4,7H,5-6H2,1-2H3,(H2,11,13)(H,12,14). The van der Waals surface area contributed by atoms with E-state index in [2.05, 4.69) is 29.4 Å². The number of nitrogens with two attached hydrogens (primary N) is 1. The quantitative estimate of drug-likeness (QED) is 0.748. The highest BCUT2D eigenvalue weighted by Gasteiger charge is 2.38. The molecule has 0 saturated heterocycles. The Morgan fingerprint density at radius 1 is 1.43 bits per heavy atom. The number of aromatic nitrogens is 2. The molecule has 1 aromatic rings. The zero-order valence-corrected chi connectivity index (χ0v) is 8.62. The monoisotopic (exact) mass is 192 g/mol. The highest BCUT2D eigenvalue weighted by molar-refractivity contribution is 5.40. The summed E-state index contributed by atoms with van der Waals surface area (Å²) in [5.74, 6) is 1.28. The Balaban J connectivity index is 2.01. The molecule has 1 saturated carbocycles. The Kier molecular flexibility index (Phi) is 2.06. The first-order valence-corrected chi connectivity index (χ1v) is 4.94. The van der Waals surface area contributed by atoms with E-state index in [-0.39, 0.29) is 0 Å². The fourth-order valence-corrected chi connectivity index (χ4v) is 1.73. The van der Waals surface area contributed by atoms with Gasteiger partial charge in [-0.05, 0) is 30.4 Å². The van der Waals surface area contributed by atoms with Gasteiger partial charge in [0, 0.05) is 6.04 Å². The zero-order valence-electron chi connectivity index (χ0n) is 8.62. The van der Waals surface area contributed by atoms with Crippen LogP contribution in [0.1, 0.15) is 26.7 Å². The molecule has 1 atom stereocenters. The summed E-state index contributed by atoms with van der Waals surface area (Å²) in [7, 11) is 0. The lowest BCUT2D eigenvalue weighted by molar-refractivity contribution is 0.159. The van der Waals surface area contributed by atoms with Crippen LogP contribution in [0.15, 0.2) is 12.1 Å². The molecule has 4 nitrogen and oxygen atoms in total. The minimum atomic E-state index is 0.378. The van der Waals surface area contributed by atoms with E-state index in [0.29, 0.717) is 17.3 Å². The second-order valence-corrected chi connectivity index (χ2v) is 4.57. The number of nitrogen functional groups attached to an aromatic ring is 1. The smallest absolute Gasteiger partial charge is 0.149 e. The van der Waals surface area contributed by atoms with Gasteiger partial charge in [-0.25, -0.2) is 0 Å². The van der Waals surface area contributed by atoms with Gasteiger partial charge in [0.2, 0.25) is 0 Å². The van der Waals surface area contributed by atoms with Crippen molar-refractivity contribution < 1.29 is 0 Å². The summed E-state index contributed by atoms with van der Waals surface area (Å²) in [6.07, 6.45) is 2.48. The molecule has 0 aromatic carbocycles. The first kappa shape index (κ1) is 9.24. The summed E-state index contributed by atoms with van der Waals surface area (Å²) in [6.45, 7) is 4.53. The Bertz CT molecular complexity index is 317. The van der Waals surface area contributed by atoms with E-state index in [1.165, 1.54) is 12.8 Å². The van der Waals surface area contributed by atoms with Crippen molar-refractivity contribution in [2.24, 2.45) is 5.41 Å². The van der Waals surface area contributed by atoms with Crippen molar-refractivity contribution in [2.75, 3.05) is 11.1 Å². The molecule has 76 valence electrons. The number of nitrogens with one attached hydrogen (secondary N) is 1. The van der Waals surface area contributed by atoms with Gasteiger partial charge in [-0.3, -0.25) is 0 Å². The second kappa shape index (κ2) is 3.12. The number of hydrogen-bond donors (Lipinski definition) is 2. The molecule has 0 bridgehead atoms. The van der Waals surface area contributed by atoms with Crippen LogP contribution in [-0.2, 0) is 0 Å². The average molecular weight is 192 g/mol. The van der Waals surface area contributed by atoms with Crippen LogP contribution in [0.4, 0.5) is 11.6 Å². The van der Waals surface area contributed by atoms with Crippen molar-refractivity contribution in [2.45, 2.75) is 32.7 Å². The lowest BCUT2D eigenvalue weighted by Gasteiger charge is -2.44. The number of rotatable bonds is 2. The number of hydrogen-bond acceptors (Lipinski definition) is 4. The topological polar surface area (TPSA) is 63.8 Å². The Morgan fingerprint density at radius 2 is 2.21 bits per heavy atom. The molecule has 0 radical (unpaired) electrons. The van der Waals surface area contributed by atoms with Crippen LogP contribution < -0.4 is 11.1 Å². The third-order valence-electron chi connectivity index (χ3n) is 3.03. The van der Waals surface area contributed by atoms with Crippen molar-refractivity contribution in [3.63, 3.8) is 0 Å². The van der Waals surface area contributed by atoms with E-state index in [1.807, 2.05) is 6.07 Å². The minimum Gasteiger partial charge on any atom is -0.382 e. The van der Waals surface area contributed by atoms with Crippen LogP contribution >= 0.6 is 0 Å². The summed E-state index contributed by atoms with van der Waals surface area (Å²) < 4.78 is 0. The van der Waals surface area contributed by atoms with Gasteiger partial charge in [0.15, 0.2) is 0 Å². The maximum atomic E-state index is 5.46. The Hall–Kier alpha value is -1.32. The first-order chi connectivity index (χ1) is 6.58. The first-order valence-electron chi connectivity index (χ1n) is 4.94. The number of anilines is 2. The summed E-state index contributed by atoms with van der Waals surface area (Å²) in [5, 5.41) is 11.1. The van der Waals surface area contributed by atoms with Crippen LogP contribution in [-0.4, -0.2) is 16.2 Å². The third kappa shape index (κ3) is 1.64. The van der Waals surface area contributed by atoms with Gasteiger partial charge in [0.25, 0.3) is 0 Å². The van der Waals surface area contributed by atoms with Gasteiger partial charge in [-0.1, -0.05) is 13.8 Å². The maximum Gasteiger partial charge on any atom is 0.149 e. The molecular weight excluding hydrogens is 176 g/mol. The van der Waals surface area contributed by atoms with Gasteiger partial charge in [-0.15, -0.1) is 10.2 Å². The SMILES string of the molecule is CC1(C)CCC1Nc1ccc(N)nn1. The fourth-order valence-electron chi connectivity index (χ4n) is 1.73. The van der Waals surface area contributed by atoms with E-state index in [0.717, 1.165) is 5.82 Å². The Labute approximate surface area is 83.9 Å². The summed E-state index contributed by atoms with van der Waals surface area (Å²) in [6, 6.07) is 4.15. The maximum absolute atomic E-state index is 5.46. The fraction of sp³-hybridized carbons (Fsp3) is 0.600. The third-order valence-corrected chi connectivity index (χ3v) is 3.03. The molecule has 2 rings (SSSR count). The van der Waals surface area contributed by atoms with Crippen LogP contribution in [0, 0.1) is 5.41 Å². The summed E-state index contributed by atoms with van der Waals surface area (Å²) in [5.41, 5.74) is 5.83. The van der Waals surface area contributed by atoms with E-state index in [9.17, 15) is 0 Å². The highest BCUT2D eigenvalue weighted by Crippen LogP contribution is 2.41. The lowest BCUT2D eigenvalue weighted by atomic mass is 9.67. The van der Waals surface area contributed by atoms with Crippen molar-refractivity contribution in [3.05, 3.63) is 12.1 Å². The molecule has 1 heterocycles. The Morgan fingerprint density at radius 3 is 2.64 bits per heavy atom. The van der Waals surface area contributed by atoms with Crippen molar-refractivity contribution >= 4 is 11.6 Å². The second-order valence-electron chi connectivity index (χ2n) is 4.57. The van der Waals surface area contributed by atoms with E-state index < -0.39 is 0 Å². The zero-order chi connectivity index (χ0) is 10.2. The molecule has 1 unspecified atom stereocenters. The van der Waals surface area contributed by atoms with Crippen molar-refractivity contribution in [1.82, 2.24) is 10.2 Å². The lowest BCUT2D eigenvalue weighted by Crippen LogP contribution is -2.45. The van der Waals surface area contributed by atoms with Crippen molar-refractivity contribution in [1.29, 1.82) is 0 Å². The molecule has 1 aliphatic rings. The van der Waals surface area contributed by atoms with E-state index in [4.69, 9.17) is 5.73 Å². The van der Waals surface area contributed by atoms with E-state index in [1.54, 1.807) is 6.07 Å². The van der Waals surface area contributed by atoms with Gasteiger partial charge in [0.1, 0.15) is 11.6 Å². The minimum absolute atomic E-state index is 0.378. The van der Waals surface area contributed by atoms with Crippen molar-refractivity contribution in [3.8, 4) is 0 Å². The van der Waals surface area contributed by atoms with Crippen LogP contribution in [0.25, 0.3) is 0 Å². The largest absolute Gasteiger partial charge is 0.382 e. The van der Waals surface area contributed by atoms with Crippen LogP contribution in [0.3, 0.4) is 0 Å². The summed E-state index contributed by atoms with van der Waals surface area (Å²) in [4.78, 5) is 0. The molecule has 1 aromatic heterocycles. The molecule has 1 fully saturated rings. The molecule has 1 aliphatic carbocycles. The normalized spacial score (nSPS) is 24.0. The molecule has 3 N–H and O–H groups in total. The molecule has 4 heteroatoms. The molecular formula is C10H16N4. The molecule has 0 aliphatic heterocycles. The number of nitrogens with zero attached hydrogens (tertiary/aromatic N) is 2. The van der Waals surface area contributed by atoms with Gasteiger partial charge in [0.05, 0.1) is 0 Å². The predicted octanol–water partition coefficient (Wildman–Crippen LogP) is 1.66.